The lowest BCUT2D eigenvalue weighted by molar-refractivity contribution is -0.154. The van der Waals surface area contributed by atoms with Gasteiger partial charge >= 0.3 is 0 Å². The van der Waals surface area contributed by atoms with E-state index in [0.717, 1.165) is 18.6 Å². The molecule has 3 heteroatoms. The van der Waals surface area contributed by atoms with Crippen LogP contribution in [0, 0.1) is 0 Å². The van der Waals surface area contributed by atoms with Gasteiger partial charge in [-0.15, -0.1) is 0 Å². The van der Waals surface area contributed by atoms with Crippen molar-refractivity contribution in [2.75, 3.05) is 6.54 Å². The molecule has 0 bridgehead atoms. The summed E-state index contributed by atoms with van der Waals surface area (Å²) in [4.78, 5) is 12.7. The maximum Gasteiger partial charge on any atom is 0.231 e. The second kappa shape index (κ2) is 2.81. The van der Waals surface area contributed by atoms with Gasteiger partial charge in [-0.2, -0.15) is 0 Å². The molecule has 0 aromatic heterocycles. The fraction of sp³-hybridized carbons (Fsp3) is 0.667. The summed E-state index contributed by atoms with van der Waals surface area (Å²) in [5.74, 6) is 1.20. The highest BCUT2D eigenvalue weighted by atomic mass is 16.5. The molecule has 0 radical (unpaired) electrons. The van der Waals surface area contributed by atoms with Crippen LogP contribution in [0.15, 0.2) is 11.8 Å². The molecule has 2 aliphatic rings. The molecule has 0 spiro atoms. The van der Waals surface area contributed by atoms with Crippen molar-refractivity contribution in [3.8, 4) is 0 Å². The number of ether oxygens (including phenoxy) is 1. The van der Waals surface area contributed by atoms with Crippen LogP contribution >= 0.6 is 0 Å². The topological polar surface area (TPSA) is 29.5 Å². The first kappa shape index (κ1) is 7.65. The number of hydrogen-bond acceptors (Lipinski definition) is 2. The Morgan fingerprint density at radius 3 is 3.17 bits per heavy atom. The zero-order chi connectivity index (χ0) is 8.55. The molecule has 2 saturated heterocycles. The highest BCUT2D eigenvalue weighted by Gasteiger charge is 2.43. The number of allylic oxidation sites excluding steroid dienone is 1. The second-order valence-corrected chi connectivity index (χ2v) is 3.26. The molecule has 0 N–H and O–H groups in total. The molecule has 2 fully saturated rings. The van der Waals surface area contributed by atoms with Crippen LogP contribution in [0.1, 0.15) is 26.2 Å². The second-order valence-electron chi connectivity index (χ2n) is 3.26. The SMILES string of the molecule is CCC/C=C1/CN2C(=O)CC2O1. The van der Waals surface area contributed by atoms with Crippen LogP contribution in [0.3, 0.4) is 0 Å². The van der Waals surface area contributed by atoms with Crippen LogP contribution in [0.2, 0.25) is 0 Å². The number of fused-ring (bicyclic) bond motifs is 1. The first-order valence-corrected chi connectivity index (χ1v) is 4.46. The van der Waals surface area contributed by atoms with Gasteiger partial charge in [0.25, 0.3) is 0 Å². The normalized spacial score (nSPS) is 30.1. The van der Waals surface area contributed by atoms with Crippen molar-refractivity contribution in [3.63, 3.8) is 0 Å². The van der Waals surface area contributed by atoms with Gasteiger partial charge in [-0.1, -0.05) is 13.3 Å². The molecule has 66 valence electrons. The largest absolute Gasteiger partial charge is 0.473 e. The van der Waals surface area contributed by atoms with Gasteiger partial charge in [-0.05, 0) is 12.5 Å². The predicted molar refractivity (Wildman–Crippen MR) is 44.2 cm³/mol. The summed E-state index contributed by atoms with van der Waals surface area (Å²) in [6, 6.07) is 0. The standard InChI is InChI=1S/C9H13NO2/c1-2-3-4-7-6-10-8(11)5-9(10)12-7/h4,9H,2-3,5-6H2,1H3/b7-4-. The maximum absolute atomic E-state index is 11.0. The van der Waals surface area contributed by atoms with Crippen LogP contribution in [-0.4, -0.2) is 23.6 Å². The van der Waals surface area contributed by atoms with Crippen LogP contribution in [0.25, 0.3) is 0 Å². The quantitative estimate of drug-likeness (QED) is 0.579. The zero-order valence-corrected chi connectivity index (χ0v) is 7.25. The maximum atomic E-state index is 11.0. The summed E-state index contributed by atoms with van der Waals surface area (Å²) in [5, 5.41) is 0. The van der Waals surface area contributed by atoms with E-state index in [4.69, 9.17) is 4.74 Å². The number of amides is 1. The number of β-lactam (4-membered cyclic amide) rings is 1. The van der Waals surface area contributed by atoms with Crippen molar-refractivity contribution in [1.29, 1.82) is 0 Å². The fourth-order valence-electron chi connectivity index (χ4n) is 1.52. The first-order chi connectivity index (χ1) is 5.81. The van der Waals surface area contributed by atoms with E-state index < -0.39 is 0 Å². The highest BCUT2D eigenvalue weighted by molar-refractivity contribution is 5.83. The zero-order valence-electron chi connectivity index (χ0n) is 7.25. The molecule has 2 aliphatic heterocycles. The van der Waals surface area contributed by atoms with Crippen LogP contribution in [-0.2, 0) is 9.53 Å². The van der Waals surface area contributed by atoms with Crippen molar-refractivity contribution in [2.24, 2.45) is 0 Å². The average molecular weight is 167 g/mol. The van der Waals surface area contributed by atoms with Gasteiger partial charge in [0.1, 0.15) is 5.76 Å². The third-order valence-corrected chi connectivity index (χ3v) is 2.29. The van der Waals surface area contributed by atoms with E-state index in [1.807, 2.05) is 0 Å². The Kier molecular flexibility index (Phi) is 1.79. The summed E-state index contributed by atoms with van der Waals surface area (Å²) in [7, 11) is 0. The number of carbonyl (C=O) groups is 1. The molecule has 2 heterocycles. The van der Waals surface area contributed by atoms with E-state index in [1.165, 1.54) is 0 Å². The minimum Gasteiger partial charge on any atom is -0.473 e. The molecule has 1 amide bonds. The average Bonchev–Trinajstić information content (AvgIpc) is 2.39. The first-order valence-electron chi connectivity index (χ1n) is 4.46. The summed E-state index contributed by atoms with van der Waals surface area (Å²) in [5.41, 5.74) is 0. The van der Waals surface area contributed by atoms with Gasteiger partial charge in [-0.25, -0.2) is 0 Å². The van der Waals surface area contributed by atoms with Crippen molar-refractivity contribution < 1.29 is 9.53 Å². The Balaban J connectivity index is 1.94. The van der Waals surface area contributed by atoms with E-state index in [9.17, 15) is 4.79 Å². The van der Waals surface area contributed by atoms with E-state index in [0.29, 0.717) is 13.0 Å². The van der Waals surface area contributed by atoms with E-state index >= 15 is 0 Å². The molecule has 0 saturated carbocycles. The lowest BCUT2D eigenvalue weighted by Crippen LogP contribution is -2.48. The Hall–Kier alpha value is -0.990. The van der Waals surface area contributed by atoms with Crippen LogP contribution in [0.4, 0.5) is 0 Å². The molecule has 0 aromatic rings. The molecule has 3 nitrogen and oxygen atoms in total. The minimum absolute atomic E-state index is 0.0700. The molecular formula is C9H13NO2. The van der Waals surface area contributed by atoms with Gasteiger partial charge in [-0.3, -0.25) is 9.69 Å². The third kappa shape index (κ3) is 1.09. The molecule has 0 aliphatic carbocycles. The summed E-state index contributed by atoms with van der Waals surface area (Å²) >= 11 is 0. The lowest BCUT2D eigenvalue weighted by Gasteiger charge is -2.30. The molecule has 1 atom stereocenters. The smallest absolute Gasteiger partial charge is 0.231 e. The van der Waals surface area contributed by atoms with Gasteiger partial charge in [0.15, 0.2) is 6.23 Å². The van der Waals surface area contributed by atoms with Gasteiger partial charge in [0.2, 0.25) is 5.91 Å². The Bertz CT molecular complexity index is 235. The number of nitrogens with zero attached hydrogens (tertiary/aromatic N) is 1. The van der Waals surface area contributed by atoms with Crippen molar-refractivity contribution in [2.45, 2.75) is 32.4 Å². The number of rotatable bonds is 2. The molecule has 1 unspecified atom stereocenters. The van der Waals surface area contributed by atoms with Crippen molar-refractivity contribution >= 4 is 5.91 Å². The van der Waals surface area contributed by atoms with E-state index in [2.05, 4.69) is 13.0 Å². The molecule has 0 aromatic carbocycles. The monoisotopic (exact) mass is 167 g/mol. The molecule has 12 heavy (non-hydrogen) atoms. The Morgan fingerprint density at radius 1 is 1.75 bits per heavy atom. The van der Waals surface area contributed by atoms with Crippen molar-refractivity contribution in [3.05, 3.63) is 11.8 Å². The highest BCUT2D eigenvalue weighted by Crippen LogP contribution is 2.30. The molecule has 2 rings (SSSR count). The number of carbonyl (C=O) groups excluding carboxylic acids is 1. The van der Waals surface area contributed by atoms with E-state index in [1.54, 1.807) is 4.90 Å². The Labute approximate surface area is 72.0 Å². The van der Waals surface area contributed by atoms with Gasteiger partial charge in [0, 0.05) is 0 Å². The third-order valence-electron chi connectivity index (χ3n) is 2.29. The van der Waals surface area contributed by atoms with Gasteiger partial charge in [0.05, 0.1) is 13.0 Å². The Morgan fingerprint density at radius 2 is 2.58 bits per heavy atom. The number of unbranched alkanes of at least 4 members (excludes halogenated alkanes) is 1. The molecular weight excluding hydrogens is 154 g/mol. The fourth-order valence-corrected chi connectivity index (χ4v) is 1.52. The van der Waals surface area contributed by atoms with Crippen LogP contribution < -0.4 is 0 Å². The van der Waals surface area contributed by atoms with Crippen LogP contribution in [0.5, 0.6) is 0 Å². The summed E-state index contributed by atoms with van der Waals surface area (Å²) in [6.45, 7) is 2.83. The minimum atomic E-state index is 0.0700. The van der Waals surface area contributed by atoms with E-state index in [-0.39, 0.29) is 12.1 Å². The predicted octanol–water partition coefficient (Wildman–Crippen LogP) is 1.26. The summed E-state index contributed by atoms with van der Waals surface area (Å²) < 4.78 is 5.50. The van der Waals surface area contributed by atoms with Crippen molar-refractivity contribution in [1.82, 2.24) is 4.90 Å². The lowest BCUT2D eigenvalue weighted by atomic mass is 10.2. The van der Waals surface area contributed by atoms with Gasteiger partial charge < -0.3 is 4.74 Å². The number of hydrogen-bond donors (Lipinski definition) is 0. The summed E-state index contributed by atoms with van der Waals surface area (Å²) in [6.07, 6.45) is 4.91.